The summed E-state index contributed by atoms with van der Waals surface area (Å²) in [6.07, 6.45) is 2.80. The molecule has 0 aromatic heterocycles. The van der Waals surface area contributed by atoms with Crippen LogP contribution in [0.25, 0.3) is 11.1 Å². The molecule has 1 unspecified atom stereocenters. The summed E-state index contributed by atoms with van der Waals surface area (Å²) in [6.45, 7) is 2.15. The zero-order valence-corrected chi connectivity index (χ0v) is 16.0. The third-order valence-corrected chi connectivity index (χ3v) is 5.42. The molecule has 0 radical (unpaired) electrons. The number of carbonyl (C=O) groups excluding carboxylic acids is 2. The predicted octanol–water partition coefficient (Wildman–Crippen LogP) is 3.20. The molecule has 0 fully saturated rings. The van der Waals surface area contributed by atoms with Crippen LogP contribution in [-0.2, 0) is 9.53 Å². The lowest BCUT2D eigenvalue weighted by Crippen LogP contribution is -2.48. The van der Waals surface area contributed by atoms with Gasteiger partial charge in [0.15, 0.2) is 0 Å². The van der Waals surface area contributed by atoms with Gasteiger partial charge < -0.3 is 15.0 Å². The van der Waals surface area contributed by atoms with Crippen LogP contribution in [-0.4, -0.2) is 42.1 Å². The molecule has 1 N–H and O–H groups in total. The maximum atomic E-state index is 12.5. The Morgan fingerprint density at radius 3 is 2.41 bits per heavy atom. The number of nitrogens with zero attached hydrogens (tertiary/aromatic N) is 2. The largest absolute Gasteiger partial charge is 0.449 e. The number of alkyl carbamates (subject to hydrolysis) is 1. The second kappa shape index (κ2) is 7.80. The minimum absolute atomic E-state index is 0.0371. The zero-order chi connectivity index (χ0) is 20.4. The van der Waals surface area contributed by atoms with E-state index in [-0.39, 0.29) is 18.4 Å². The van der Waals surface area contributed by atoms with E-state index < -0.39 is 18.2 Å². The molecule has 1 heterocycles. The number of amides is 2. The number of fused-ring (bicyclic) bond motifs is 3. The summed E-state index contributed by atoms with van der Waals surface area (Å²) in [4.78, 5) is 26.2. The Labute approximate surface area is 169 Å². The molecule has 2 aromatic carbocycles. The van der Waals surface area contributed by atoms with Crippen LogP contribution in [0.2, 0.25) is 0 Å². The molecule has 1 aliphatic carbocycles. The van der Waals surface area contributed by atoms with Crippen molar-refractivity contribution in [2.45, 2.75) is 24.9 Å². The van der Waals surface area contributed by atoms with E-state index in [0.717, 1.165) is 22.3 Å². The highest BCUT2D eigenvalue weighted by atomic mass is 16.5. The molecule has 0 saturated carbocycles. The highest BCUT2D eigenvalue weighted by molar-refractivity contribution is 5.86. The molecule has 6 heteroatoms. The van der Waals surface area contributed by atoms with Crippen molar-refractivity contribution in [3.05, 3.63) is 71.8 Å². The molecule has 4 rings (SSSR count). The minimum atomic E-state index is -0.776. The van der Waals surface area contributed by atoms with Gasteiger partial charge in [-0.15, -0.1) is 0 Å². The third kappa shape index (κ3) is 3.47. The average Bonchev–Trinajstić information content (AvgIpc) is 3.34. The fourth-order valence-corrected chi connectivity index (χ4v) is 3.99. The number of nitrogens with one attached hydrogen (secondary N) is 1. The van der Waals surface area contributed by atoms with Gasteiger partial charge >= 0.3 is 6.09 Å². The van der Waals surface area contributed by atoms with Crippen LogP contribution in [0.5, 0.6) is 0 Å². The topological polar surface area (TPSA) is 82.4 Å². The number of hydrogen-bond donors (Lipinski definition) is 1. The molecule has 2 atom stereocenters. The van der Waals surface area contributed by atoms with Gasteiger partial charge in [0.25, 0.3) is 0 Å². The normalized spacial score (nSPS) is 17.9. The first kappa shape index (κ1) is 18.8. The molecule has 2 aliphatic rings. The Kier molecular flexibility index (Phi) is 5.05. The van der Waals surface area contributed by atoms with E-state index in [2.05, 4.69) is 35.7 Å². The lowest BCUT2D eigenvalue weighted by molar-refractivity contribution is -0.132. The Balaban J connectivity index is 1.39. The standard InChI is InChI=1S/C23H21N3O3/c1-15(22(27)26-12-6-7-16(26)13-24)25-23(28)29-14-21-19-10-4-2-8-17(19)18-9-3-5-11-20(18)21/h2-11,15-16,21H,12,14H2,1H3,(H,25,28)/t15-,16?/m0/s1. The molecule has 0 saturated heterocycles. The number of nitriles is 1. The van der Waals surface area contributed by atoms with E-state index in [9.17, 15) is 9.59 Å². The SMILES string of the molecule is C[C@H](NC(=O)OCC1c2ccccc2-c2ccccc21)C(=O)N1CC=CC1C#N. The van der Waals surface area contributed by atoms with Crippen LogP contribution in [0.15, 0.2) is 60.7 Å². The Hall–Kier alpha value is -3.59. The van der Waals surface area contributed by atoms with Crippen LogP contribution < -0.4 is 5.32 Å². The lowest BCUT2D eigenvalue weighted by Gasteiger charge is -2.24. The summed E-state index contributed by atoms with van der Waals surface area (Å²) < 4.78 is 5.47. The van der Waals surface area contributed by atoms with Gasteiger partial charge in [0, 0.05) is 12.5 Å². The van der Waals surface area contributed by atoms with Crippen molar-refractivity contribution >= 4 is 12.0 Å². The Morgan fingerprint density at radius 2 is 1.79 bits per heavy atom. The molecule has 6 nitrogen and oxygen atoms in total. The number of rotatable bonds is 4. The van der Waals surface area contributed by atoms with Gasteiger partial charge in [-0.1, -0.05) is 54.6 Å². The second-order valence-electron chi connectivity index (χ2n) is 7.18. The average molecular weight is 387 g/mol. The summed E-state index contributed by atoms with van der Waals surface area (Å²) >= 11 is 0. The first-order chi connectivity index (χ1) is 14.1. The highest BCUT2D eigenvalue weighted by Gasteiger charge is 2.31. The van der Waals surface area contributed by atoms with E-state index in [4.69, 9.17) is 10.00 Å². The Morgan fingerprint density at radius 1 is 1.17 bits per heavy atom. The van der Waals surface area contributed by atoms with Crippen LogP contribution in [0.4, 0.5) is 4.79 Å². The van der Waals surface area contributed by atoms with E-state index in [1.807, 2.05) is 24.3 Å². The van der Waals surface area contributed by atoms with Crippen LogP contribution in [0, 0.1) is 11.3 Å². The van der Waals surface area contributed by atoms with E-state index in [1.54, 1.807) is 19.1 Å². The lowest BCUT2D eigenvalue weighted by atomic mass is 9.98. The molecule has 1 aliphatic heterocycles. The van der Waals surface area contributed by atoms with E-state index >= 15 is 0 Å². The van der Waals surface area contributed by atoms with Gasteiger partial charge in [0.1, 0.15) is 18.7 Å². The van der Waals surface area contributed by atoms with Crippen molar-refractivity contribution in [1.29, 1.82) is 5.26 Å². The molecule has 146 valence electrons. The predicted molar refractivity (Wildman–Crippen MR) is 108 cm³/mol. The summed E-state index contributed by atoms with van der Waals surface area (Å²) in [7, 11) is 0. The fraction of sp³-hybridized carbons (Fsp3) is 0.261. The summed E-state index contributed by atoms with van der Waals surface area (Å²) in [5.74, 6) is -0.347. The van der Waals surface area contributed by atoms with Gasteiger partial charge in [-0.2, -0.15) is 5.26 Å². The van der Waals surface area contributed by atoms with Crippen molar-refractivity contribution in [3.63, 3.8) is 0 Å². The van der Waals surface area contributed by atoms with Crippen LogP contribution >= 0.6 is 0 Å². The fourth-order valence-electron chi connectivity index (χ4n) is 3.99. The zero-order valence-electron chi connectivity index (χ0n) is 16.0. The van der Waals surface area contributed by atoms with Gasteiger partial charge in [-0.05, 0) is 35.3 Å². The molecule has 2 amide bonds. The van der Waals surface area contributed by atoms with Crippen molar-refractivity contribution in [2.75, 3.05) is 13.2 Å². The number of carbonyl (C=O) groups is 2. The summed E-state index contributed by atoms with van der Waals surface area (Å²) in [5, 5.41) is 11.7. The number of ether oxygens (including phenoxy) is 1. The molecule has 29 heavy (non-hydrogen) atoms. The van der Waals surface area contributed by atoms with Crippen molar-refractivity contribution in [3.8, 4) is 17.2 Å². The third-order valence-electron chi connectivity index (χ3n) is 5.42. The molecule has 0 spiro atoms. The van der Waals surface area contributed by atoms with Crippen molar-refractivity contribution in [1.82, 2.24) is 10.2 Å². The van der Waals surface area contributed by atoms with E-state index in [1.165, 1.54) is 4.90 Å². The van der Waals surface area contributed by atoms with Crippen LogP contribution in [0.3, 0.4) is 0 Å². The second-order valence-corrected chi connectivity index (χ2v) is 7.18. The monoisotopic (exact) mass is 387 g/mol. The van der Waals surface area contributed by atoms with Crippen molar-refractivity contribution in [2.24, 2.45) is 0 Å². The molecule has 2 aromatic rings. The van der Waals surface area contributed by atoms with Crippen molar-refractivity contribution < 1.29 is 14.3 Å². The first-order valence-electron chi connectivity index (χ1n) is 9.58. The van der Waals surface area contributed by atoms with Gasteiger partial charge in [-0.3, -0.25) is 4.79 Å². The minimum Gasteiger partial charge on any atom is -0.449 e. The first-order valence-corrected chi connectivity index (χ1v) is 9.58. The quantitative estimate of drug-likeness (QED) is 0.817. The number of hydrogen-bond acceptors (Lipinski definition) is 4. The summed E-state index contributed by atoms with van der Waals surface area (Å²) in [5.41, 5.74) is 4.57. The maximum absolute atomic E-state index is 12.5. The number of benzene rings is 2. The summed E-state index contributed by atoms with van der Waals surface area (Å²) in [6, 6.07) is 16.9. The molecular formula is C23H21N3O3. The van der Waals surface area contributed by atoms with Crippen LogP contribution in [0.1, 0.15) is 24.0 Å². The molecular weight excluding hydrogens is 366 g/mol. The smallest absolute Gasteiger partial charge is 0.407 e. The van der Waals surface area contributed by atoms with Gasteiger partial charge in [0.2, 0.25) is 5.91 Å². The van der Waals surface area contributed by atoms with E-state index in [0.29, 0.717) is 6.54 Å². The molecule has 0 bridgehead atoms. The highest BCUT2D eigenvalue weighted by Crippen LogP contribution is 2.44. The van der Waals surface area contributed by atoms with Gasteiger partial charge in [-0.25, -0.2) is 4.79 Å². The Bertz CT molecular complexity index is 979. The van der Waals surface area contributed by atoms with Gasteiger partial charge in [0.05, 0.1) is 6.07 Å². The maximum Gasteiger partial charge on any atom is 0.407 e.